The Morgan fingerprint density at radius 3 is 2.55 bits per heavy atom. The number of fused-ring (bicyclic) bond motifs is 1. The molecule has 5 heteroatoms. The molecule has 2 aromatic rings. The SMILES string of the molecule is Nc1ccc2c(c1)C(=O)N(Cc1c(Cl)cccc1Cl)C2. The lowest BCUT2D eigenvalue weighted by Crippen LogP contribution is -2.23. The summed E-state index contributed by atoms with van der Waals surface area (Å²) in [7, 11) is 0. The van der Waals surface area contributed by atoms with E-state index in [-0.39, 0.29) is 5.91 Å². The number of nitrogens with zero attached hydrogens (tertiary/aromatic N) is 1. The van der Waals surface area contributed by atoms with Gasteiger partial charge in [0.1, 0.15) is 0 Å². The number of carbonyl (C=O) groups excluding carboxylic acids is 1. The summed E-state index contributed by atoms with van der Waals surface area (Å²) in [4.78, 5) is 14.1. The van der Waals surface area contributed by atoms with E-state index in [1.165, 1.54) is 0 Å². The van der Waals surface area contributed by atoms with Crippen LogP contribution in [0.25, 0.3) is 0 Å². The molecule has 0 saturated carbocycles. The Kier molecular flexibility index (Phi) is 3.32. The number of halogens is 2. The first-order chi connectivity index (χ1) is 9.56. The average Bonchev–Trinajstić information content (AvgIpc) is 2.71. The fourth-order valence-corrected chi connectivity index (χ4v) is 2.90. The van der Waals surface area contributed by atoms with Crippen molar-refractivity contribution >= 4 is 34.8 Å². The Morgan fingerprint density at radius 2 is 1.85 bits per heavy atom. The molecule has 1 amide bonds. The van der Waals surface area contributed by atoms with Crippen LogP contribution in [0.1, 0.15) is 21.5 Å². The lowest BCUT2D eigenvalue weighted by atomic mass is 10.1. The van der Waals surface area contributed by atoms with E-state index in [1.54, 1.807) is 35.2 Å². The molecule has 2 N–H and O–H groups in total. The van der Waals surface area contributed by atoms with Crippen molar-refractivity contribution in [1.82, 2.24) is 4.90 Å². The highest BCUT2D eigenvalue weighted by atomic mass is 35.5. The van der Waals surface area contributed by atoms with Crippen LogP contribution >= 0.6 is 23.2 Å². The number of amides is 1. The number of rotatable bonds is 2. The normalized spacial score (nSPS) is 13.7. The summed E-state index contributed by atoms with van der Waals surface area (Å²) in [6.45, 7) is 0.946. The third kappa shape index (κ3) is 2.23. The topological polar surface area (TPSA) is 46.3 Å². The van der Waals surface area contributed by atoms with E-state index in [1.807, 2.05) is 6.07 Å². The summed E-state index contributed by atoms with van der Waals surface area (Å²) >= 11 is 12.3. The van der Waals surface area contributed by atoms with Gasteiger partial charge in [-0.15, -0.1) is 0 Å². The molecule has 0 spiro atoms. The van der Waals surface area contributed by atoms with E-state index in [0.29, 0.717) is 34.4 Å². The van der Waals surface area contributed by atoms with E-state index in [0.717, 1.165) is 11.1 Å². The van der Waals surface area contributed by atoms with Gasteiger partial charge >= 0.3 is 0 Å². The maximum absolute atomic E-state index is 12.4. The molecule has 0 fully saturated rings. The highest BCUT2D eigenvalue weighted by Crippen LogP contribution is 2.30. The molecule has 1 aliphatic rings. The van der Waals surface area contributed by atoms with Crippen molar-refractivity contribution in [3.8, 4) is 0 Å². The van der Waals surface area contributed by atoms with Crippen LogP contribution < -0.4 is 5.73 Å². The maximum atomic E-state index is 12.4. The predicted molar refractivity (Wildman–Crippen MR) is 80.9 cm³/mol. The number of nitrogen functional groups attached to an aromatic ring is 1. The van der Waals surface area contributed by atoms with Gasteiger partial charge < -0.3 is 10.6 Å². The number of carbonyl (C=O) groups is 1. The molecule has 3 rings (SSSR count). The van der Waals surface area contributed by atoms with E-state index in [2.05, 4.69) is 0 Å². The standard InChI is InChI=1S/C15H12Cl2N2O/c16-13-2-1-3-14(17)12(13)8-19-7-9-4-5-10(18)6-11(9)15(19)20/h1-6H,7-8,18H2. The van der Waals surface area contributed by atoms with Crippen molar-refractivity contribution in [2.24, 2.45) is 0 Å². The fourth-order valence-electron chi connectivity index (χ4n) is 2.38. The van der Waals surface area contributed by atoms with E-state index in [4.69, 9.17) is 28.9 Å². The summed E-state index contributed by atoms with van der Waals surface area (Å²) in [5.41, 5.74) is 8.73. The van der Waals surface area contributed by atoms with Crippen LogP contribution in [0.4, 0.5) is 5.69 Å². The van der Waals surface area contributed by atoms with Crippen molar-refractivity contribution in [2.75, 3.05) is 5.73 Å². The van der Waals surface area contributed by atoms with Gasteiger partial charge in [0.15, 0.2) is 0 Å². The van der Waals surface area contributed by atoms with Gasteiger partial charge in [-0.05, 0) is 29.8 Å². The molecule has 3 nitrogen and oxygen atoms in total. The second kappa shape index (κ2) is 5.00. The molecule has 1 aliphatic heterocycles. The Morgan fingerprint density at radius 1 is 1.15 bits per heavy atom. The van der Waals surface area contributed by atoms with Gasteiger partial charge in [0.2, 0.25) is 0 Å². The highest BCUT2D eigenvalue weighted by Gasteiger charge is 2.28. The van der Waals surface area contributed by atoms with Crippen LogP contribution in [0.2, 0.25) is 10.0 Å². The van der Waals surface area contributed by atoms with E-state index >= 15 is 0 Å². The summed E-state index contributed by atoms with van der Waals surface area (Å²) in [5, 5.41) is 1.14. The zero-order valence-corrected chi connectivity index (χ0v) is 12.1. The van der Waals surface area contributed by atoms with E-state index in [9.17, 15) is 4.79 Å². The van der Waals surface area contributed by atoms with Crippen LogP contribution in [0, 0.1) is 0 Å². The Balaban J connectivity index is 1.90. The van der Waals surface area contributed by atoms with Crippen molar-refractivity contribution in [3.05, 3.63) is 63.1 Å². The first-order valence-corrected chi connectivity index (χ1v) is 6.92. The maximum Gasteiger partial charge on any atom is 0.254 e. The van der Waals surface area contributed by atoms with Gasteiger partial charge in [-0.1, -0.05) is 35.3 Å². The molecule has 0 saturated heterocycles. The smallest absolute Gasteiger partial charge is 0.254 e. The minimum absolute atomic E-state index is 0.0386. The molecule has 102 valence electrons. The third-order valence-corrected chi connectivity index (χ3v) is 4.13. The lowest BCUT2D eigenvalue weighted by Gasteiger charge is -2.17. The summed E-state index contributed by atoms with van der Waals surface area (Å²) in [6, 6.07) is 10.7. The van der Waals surface area contributed by atoms with Gasteiger partial charge in [-0.25, -0.2) is 0 Å². The number of nitrogens with two attached hydrogens (primary N) is 1. The van der Waals surface area contributed by atoms with Crippen molar-refractivity contribution in [3.63, 3.8) is 0 Å². The minimum Gasteiger partial charge on any atom is -0.399 e. The molecule has 0 atom stereocenters. The molecule has 0 bridgehead atoms. The van der Waals surface area contributed by atoms with Gasteiger partial charge in [-0.3, -0.25) is 4.79 Å². The molecule has 0 aromatic heterocycles. The number of benzene rings is 2. The number of anilines is 1. The van der Waals surface area contributed by atoms with Gasteiger partial charge in [0, 0.05) is 39.9 Å². The quantitative estimate of drug-likeness (QED) is 0.859. The molecule has 0 unspecified atom stereocenters. The summed E-state index contributed by atoms with van der Waals surface area (Å²) < 4.78 is 0. The molecule has 0 radical (unpaired) electrons. The lowest BCUT2D eigenvalue weighted by molar-refractivity contribution is 0.0767. The van der Waals surface area contributed by atoms with Gasteiger partial charge in [-0.2, -0.15) is 0 Å². The number of hydrogen-bond donors (Lipinski definition) is 1. The zero-order valence-electron chi connectivity index (χ0n) is 10.6. The van der Waals surface area contributed by atoms with Crippen LogP contribution in [0.15, 0.2) is 36.4 Å². The molecule has 0 aliphatic carbocycles. The molecular formula is C15H12Cl2N2O. The molecule has 1 heterocycles. The van der Waals surface area contributed by atoms with Crippen molar-refractivity contribution in [2.45, 2.75) is 13.1 Å². The average molecular weight is 307 g/mol. The van der Waals surface area contributed by atoms with E-state index < -0.39 is 0 Å². The van der Waals surface area contributed by atoms with Crippen molar-refractivity contribution in [1.29, 1.82) is 0 Å². The second-order valence-electron chi connectivity index (χ2n) is 4.78. The first kappa shape index (κ1) is 13.3. The predicted octanol–water partition coefficient (Wildman–Crippen LogP) is 3.73. The monoisotopic (exact) mass is 306 g/mol. The van der Waals surface area contributed by atoms with Crippen LogP contribution in [-0.2, 0) is 13.1 Å². The van der Waals surface area contributed by atoms with Gasteiger partial charge in [0.25, 0.3) is 5.91 Å². The van der Waals surface area contributed by atoms with Gasteiger partial charge in [0.05, 0.1) is 0 Å². The Bertz CT molecular complexity index is 680. The zero-order chi connectivity index (χ0) is 14.3. The van der Waals surface area contributed by atoms with Crippen LogP contribution in [0.3, 0.4) is 0 Å². The summed E-state index contributed by atoms with van der Waals surface area (Å²) in [5.74, 6) is -0.0386. The Labute approximate surface area is 126 Å². The summed E-state index contributed by atoms with van der Waals surface area (Å²) in [6.07, 6.45) is 0. The first-order valence-electron chi connectivity index (χ1n) is 6.17. The Hall–Kier alpha value is -1.71. The third-order valence-electron chi connectivity index (χ3n) is 3.42. The molecule has 2 aromatic carbocycles. The number of hydrogen-bond acceptors (Lipinski definition) is 2. The minimum atomic E-state index is -0.0386. The second-order valence-corrected chi connectivity index (χ2v) is 5.59. The highest BCUT2D eigenvalue weighted by molar-refractivity contribution is 6.36. The van der Waals surface area contributed by atoms with Crippen LogP contribution in [-0.4, -0.2) is 10.8 Å². The fraction of sp³-hybridized carbons (Fsp3) is 0.133. The van der Waals surface area contributed by atoms with Crippen LogP contribution in [0.5, 0.6) is 0 Å². The molecule has 20 heavy (non-hydrogen) atoms. The largest absolute Gasteiger partial charge is 0.399 e. The molecular weight excluding hydrogens is 295 g/mol. The van der Waals surface area contributed by atoms with Crippen molar-refractivity contribution < 1.29 is 4.79 Å².